The average Bonchev–Trinajstić information content (AvgIpc) is 2.37. The summed E-state index contributed by atoms with van der Waals surface area (Å²) in [5.41, 5.74) is 0.682. The van der Waals surface area contributed by atoms with Gasteiger partial charge in [-0.2, -0.15) is 4.72 Å². The largest absolute Gasteiger partial charge is 0.480 e. The van der Waals surface area contributed by atoms with Crippen LogP contribution < -0.4 is 4.72 Å². The SMILES string of the molecule is O=C(O)C(CCO)NS(=O)(=O)/C=C/c1ccccc1. The van der Waals surface area contributed by atoms with Gasteiger partial charge < -0.3 is 10.2 Å². The highest BCUT2D eigenvalue weighted by Crippen LogP contribution is 2.04. The first-order valence-corrected chi connectivity index (χ1v) is 7.08. The van der Waals surface area contributed by atoms with Crippen LogP contribution in [0.3, 0.4) is 0 Å². The van der Waals surface area contributed by atoms with Gasteiger partial charge in [0.15, 0.2) is 0 Å². The third-order valence-electron chi connectivity index (χ3n) is 2.26. The van der Waals surface area contributed by atoms with E-state index >= 15 is 0 Å². The summed E-state index contributed by atoms with van der Waals surface area (Å²) in [6.07, 6.45) is 1.17. The number of aliphatic hydroxyl groups excluding tert-OH is 1. The van der Waals surface area contributed by atoms with Crippen LogP contribution in [0, 0.1) is 0 Å². The van der Waals surface area contributed by atoms with E-state index in [4.69, 9.17) is 10.2 Å². The minimum Gasteiger partial charge on any atom is -0.480 e. The number of benzene rings is 1. The van der Waals surface area contributed by atoms with Gasteiger partial charge in [0.2, 0.25) is 10.0 Å². The van der Waals surface area contributed by atoms with Crippen LogP contribution in [0.25, 0.3) is 6.08 Å². The lowest BCUT2D eigenvalue weighted by Gasteiger charge is -2.11. The molecule has 1 atom stereocenters. The summed E-state index contributed by atoms with van der Waals surface area (Å²) in [5.74, 6) is -1.33. The summed E-state index contributed by atoms with van der Waals surface area (Å²) < 4.78 is 25.3. The molecule has 3 N–H and O–H groups in total. The van der Waals surface area contributed by atoms with Crippen LogP contribution in [0.4, 0.5) is 0 Å². The maximum atomic E-state index is 11.7. The number of carboxylic acids is 1. The molecule has 0 aliphatic rings. The Labute approximate surface area is 111 Å². The lowest BCUT2D eigenvalue weighted by Crippen LogP contribution is -2.40. The topological polar surface area (TPSA) is 104 Å². The molecule has 0 aliphatic carbocycles. The molecular weight excluding hydrogens is 270 g/mol. The number of aliphatic hydroxyl groups is 1. The van der Waals surface area contributed by atoms with Gasteiger partial charge in [0, 0.05) is 12.0 Å². The van der Waals surface area contributed by atoms with Crippen LogP contribution in [0.2, 0.25) is 0 Å². The first kappa shape index (κ1) is 15.4. The van der Waals surface area contributed by atoms with Crippen molar-refractivity contribution in [3.05, 3.63) is 41.3 Å². The molecule has 0 aromatic heterocycles. The minimum absolute atomic E-state index is 0.187. The number of hydrogen-bond donors (Lipinski definition) is 3. The number of rotatable bonds is 7. The summed E-state index contributed by atoms with van der Waals surface area (Å²) in [6.45, 7) is -0.415. The number of carboxylic acid groups (broad SMARTS) is 1. The molecule has 19 heavy (non-hydrogen) atoms. The highest BCUT2D eigenvalue weighted by Gasteiger charge is 2.21. The molecule has 0 bridgehead atoms. The Morgan fingerprint density at radius 3 is 2.47 bits per heavy atom. The number of nitrogens with one attached hydrogen (secondary N) is 1. The Balaban J connectivity index is 2.76. The molecule has 7 heteroatoms. The molecule has 0 saturated heterocycles. The molecule has 1 aromatic carbocycles. The number of sulfonamides is 1. The molecule has 0 amide bonds. The maximum absolute atomic E-state index is 11.7. The highest BCUT2D eigenvalue weighted by atomic mass is 32.2. The zero-order valence-corrected chi connectivity index (χ0v) is 10.9. The van der Waals surface area contributed by atoms with Gasteiger partial charge in [-0.05, 0) is 18.1 Å². The van der Waals surface area contributed by atoms with Gasteiger partial charge in [-0.25, -0.2) is 8.42 Å². The van der Waals surface area contributed by atoms with Crippen LogP contribution >= 0.6 is 0 Å². The fourth-order valence-corrected chi connectivity index (χ4v) is 2.36. The number of hydrogen-bond acceptors (Lipinski definition) is 4. The highest BCUT2D eigenvalue weighted by molar-refractivity contribution is 7.92. The van der Waals surface area contributed by atoms with Gasteiger partial charge in [0.25, 0.3) is 0 Å². The molecule has 1 aromatic rings. The Kier molecular flexibility index (Phi) is 5.68. The fraction of sp³-hybridized carbons (Fsp3) is 0.250. The van der Waals surface area contributed by atoms with Crippen molar-refractivity contribution in [1.29, 1.82) is 0 Å². The van der Waals surface area contributed by atoms with Crippen molar-refractivity contribution in [2.24, 2.45) is 0 Å². The summed E-state index contributed by atoms with van der Waals surface area (Å²) in [6, 6.07) is 7.40. The molecular formula is C12H15NO5S. The zero-order valence-electron chi connectivity index (χ0n) is 10.1. The van der Waals surface area contributed by atoms with E-state index in [1.807, 2.05) is 4.72 Å². The van der Waals surface area contributed by atoms with Crippen LogP contribution in [0.5, 0.6) is 0 Å². The zero-order chi connectivity index (χ0) is 14.3. The van der Waals surface area contributed by atoms with E-state index in [1.54, 1.807) is 30.3 Å². The van der Waals surface area contributed by atoms with Crippen LogP contribution in [0.15, 0.2) is 35.7 Å². The Hall–Kier alpha value is -1.70. The lowest BCUT2D eigenvalue weighted by atomic mass is 10.2. The Morgan fingerprint density at radius 2 is 1.95 bits per heavy atom. The molecule has 104 valence electrons. The van der Waals surface area contributed by atoms with Crippen LogP contribution in [0.1, 0.15) is 12.0 Å². The second-order valence-electron chi connectivity index (χ2n) is 3.78. The fourth-order valence-electron chi connectivity index (χ4n) is 1.33. The number of aliphatic carboxylic acids is 1. The molecule has 0 spiro atoms. The maximum Gasteiger partial charge on any atom is 0.321 e. The molecule has 0 radical (unpaired) electrons. The molecule has 6 nitrogen and oxygen atoms in total. The quantitative estimate of drug-likeness (QED) is 0.673. The minimum atomic E-state index is -3.87. The Morgan fingerprint density at radius 1 is 1.32 bits per heavy atom. The number of carbonyl (C=O) groups is 1. The second kappa shape index (κ2) is 7.03. The van der Waals surface area contributed by atoms with Crippen molar-refractivity contribution in [3.8, 4) is 0 Å². The van der Waals surface area contributed by atoms with E-state index in [0.717, 1.165) is 5.41 Å². The molecule has 0 saturated carbocycles. The first-order valence-electron chi connectivity index (χ1n) is 5.54. The summed E-state index contributed by atoms with van der Waals surface area (Å²) in [4.78, 5) is 10.8. The van der Waals surface area contributed by atoms with Crippen molar-refractivity contribution in [2.45, 2.75) is 12.5 Å². The molecule has 0 fully saturated rings. The lowest BCUT2D eigenvalue weighted by molar-refractivity contribution is -0.139. The monoisotopic (exact) mass is 285 g/mol. The van der Waals surface area contributed by atoms with Crippen molar-refractivity contribution in [2.75, 3.05) is 6.61 Å². The first-order chi connectivity index (χ1) is 8.94. The van der Waals surface area contributed by atoms with Gasteiger partial charge in [-0.3, -0.25) is 4.79 Å². The molecule has 1 unspecified atom stereocenters. The predicted octanol–water partition coefficient (Wildman–Crippen LogP) is 0.412. The third-order valence-corrected chi connectivity index (χ3v) is 3.37. The molecule has 0 heterocycles. The van der Waals surface area contributed by atoms with Gasteiger partial charge in [-0.1, -0.05) is 30.3 Å². The van der Waals surface area contributed by atoms with E-state index in [0.29, 0.717) is 5.56 Å². The van der Waals surface area contributed by atoms with Crippen molar-refractivity contribution in [3.63, 3.8) is 0 Å². The van der Waals surface area contributed by atoms with Gasteiger partial charge in [0.1, 0.15) is 6.04 Å². The summed E-state index contributed by atoms with van der Waals surface area (Å²) >= 11 is 0. The van der Waals surface area contributed by atoms with Gasteiger partial charge in [0.05, 0.1) is 0 Å². The summed E-state index contributed by atoms with van der Waals surface area (Å²) in [5, 5.41) is 18.4. The molecule has 0 aliphatic heterocycles. The summed E-state index contributed by atoms with van der Waals surface area (Å²) in [7, 11) is -3.87. The van der Waals surface area contributed by atoms with E-state index in [1.165, 1.54) is 6.08 Å². The van der Waals surface area contributed by atoms with Crippen molar-refractivity contribution in [1.82, 2.24) is 4.72 Å². The van der Waals surface area contributed by atoms with Crippen molar-refractivity contribution < 1.29 is 23.4 Å². The average molecular weight is 285 g/mol. The van der Waals surface area contributed by atoms with E-state index < -0.39 is 28.6 Å². The van der Waals surface area contributed by atoms with Crippen LogP contribution in [-0.4, -0.2) is 37.2 Å². The van der Waals surface area contributed by atoms with Gasteiger partial charge >= 0.3 is 5.97 Å². The van der Waals surface area contributed by atoms with E-state index in [-0.39, 0.29) is 6.42 Å². The smallest absolute Gasteiger partial charge is 0.321 e. The van der Waals surface area contributed by atoms with Crippen molar-refractivity contribution >= 4 is 22.1 Å². The standard InChI is InChI=1S/C12H15NO5S/c14-8-6-11(12(15)16)13-19(17,18)9-7-10-4-2-1-3-5-10/h1-5,7,9,11,13-14H,6,8H2,(H,15,16)/b9-7+. The normalized spacial score (nSPS) is 13.5. The van der Waals surface area contributed by atoms with Crippen LogP contribution in [-0.2, 0) is 14.8 Å². The second-order valence-corrected chi connectivity index (χ2v) is 5.38. The predicted molar refractivity (Wildman–Crippen MR) is 70.7 cm³/mol. The molecule has 1 rings (SSSR count). The van der Waals surface area contributed by atoms with E-state index in [9.17, 15) is 13.2 Å². The Bertz CT molecular complexity index is 538. The van der Waals surface area contributed by atoms with Gasteiger partial charge in [-0.15, -0.1) is 0 Å². The van der Waals surface area contributed by atoms with E-state index in [2.05, 4.69) is 0 Å². The third kappa shape index (κ3) is 5.64.